The van der Waals surface area contributed by atoms with Gasteiger partial charge in [0, 0.05) is 28.7 Å². The highest BCUT2D eigenvalue weighted by Gasteiger charge is 2.11. The molecule has 86 valence electrons. The van der Waals surface area contributed by atoms with Gasteiger partial charge < -0.3 is 11.1 Å². The van der Waals surface area contributed by atoms with Crippen LogP contribution < -0.4 is 5.73 Å². The maximum Gasteiger partial charge on any atom is 0.123 e. The molecule has 4 heteroatoms. The Kier molecular flexibility index (Phi) is 2.87. The minimum Gasteiger partial charge on any atom is -0.398 e. The second kappa shape index (κ2) is 4.33. The predicted octanol–water partition coefficient (Wildman–Crippen LogP) is 2.86. The Morgan fingerprint density at radius 3 is 2.47 bits per heavy atom. The summed E-state index contributed by atoms with van der Waals surface area (Å²) >= 11 is 0. The van der Waals surface area contributed by atoms with Gasteiger partial charge in [-0.15, -0.1) is 0 Å². The van der Waals surface area contributed by atoms with Crippen molar-refractivity contribution < 1.29 is 4.39 Å². The SMILES string of the molecule is CC(=N)c1c(N)ccnc1-c1ccc(F)cc1. The maximum atomic E-state index is 12.9. The van der Waals surface area contributed by atoms with Gasteiger partial charge in [-0.3, -0.25) is 4.98 Å². The third kappa shape index (κ3) is 2.15. The van der Waals surface area contributed by atoms with E-state index in [-0.39, 0.29) is 5.82 Å². The van der Waals surface area contributed by atoms with Gasteiger partial charge in [0.1, 0.15) is 5.82 Å². The molecular formula is C13H12FN3. The number of nitrogens with two attached hydrogens (primary N) is 1. The fraction of sp³-hybridized carbons (Fsp3) is 0.0769. The van der Waals surface area contributed by atoms with Gasteiger partial charge in [0.25, 0.3) is 0 Å². The number of anilines is 1. The van der Waals surface area contributed by atoms with Crippen molar-refractivity contribution in [3.63, 3.8) is 0 Å². The summed E-state index contributed by atoms with van der Waals surface area (Å²) in [5, 5.41) is 7.71. The van der Waals surface area contributed by atoms with Crippen LogP contribution in [0.3, 0.4) is 0 Å². The molecule has 2 rings (SSSR count). The number of nitrogens with one attached hydrogen (secondary N) is 1. The highest BCUT2D eigenvalue weighted by Crippen LogP contribution is 2.25. The summed E-state index contributed by atoms with van der Waals surface area (Å²) in [6.07, 6.45) is 1.58. The third-order valence-electron chi connectivity index (χ3n) is 2.48. The van der Waals surface area contributed by atoms with E-state index in [2.05, 4.69) is 4.98 Å². The van der Waals surface area contributed by atoms with Crippen LogP contribution in [0.1, 0.15) is 12.5 Å². The number of pyridine rings is 1. The molecule has 3 nitrogen and oxygen atoms in total. The molecule has 0 aliphatic rings. The number of benzene rings is 1. The van der Waals surface area contributed by atoms with Gasteiger partial charge in [0.05, 0.1) is 5.69 Å². The molecule has 1 aromatic heterocycles. The lowest BCUT2D eigenvalue weighted by molar-refractivity contribution is 0.628. The van der Waals surface area contributed by atoms with E-state index in [1.54, 1.807) is 31.3 Å². The molecule has 1 heterocycles. The van der Waals surface area contributed by atoms with Gasteiger partial charge in [0.15, 0.2) is 0 Å². The second-order valence-electron chi connectivity index (χ2n) is 3.76. The largest absolute Gasteiger partial charge is 0.398 e. The van der Waals surface area contributed by atoms with Gasteiger partial charge in [-0.25, -0.2) is 4.39 Å². The minimum absolute atomic E-state index is 0.300. The van der Waals surface area contributed by atoms with Crippen LogP contribution in [0.4, 0.5) is 10.1 Å². The fourth-order valence-electron chi connectivity index (χ4n) is 1.70. The number of nitrogen functional groups attached to an aromatic ring is 1. The van der Waals surface area contributed by atoms with E-state index < -0.39 is 0 Å². The van der Waals surface area contributed by atoms with E-state index in [1.807, 2.05) is 0 Å². The molecule has 3 N–H and O–H groups in total. The molecule has 2 aromatic rings. The first-order valence-corrected chi connectivity index (χ1v) is 5.15. The van der Waals surface area contributed by atoms with Gasteiger partial charge in [0.2, 0.25) is 0 Å². The standard InChI is InChI=1S/C13H12FN3/c1-8(15)12-11(16)6-7-17-13(12)9-2-4-10(14)5-3-9/h2-7,15H,1H3,(H2,16,17). The molecule has 0 unspecified atom stereocenters. The van der Waals surface area contributed by atoms with Crippen molar-refractivity contribution in [3.8, 4) is 11.3 Å². The van der Waals surface area contributed by atoms with Crippen LogP contribution in [0, 0.1) is 11.2 Å². The normalized spacial score (nSPS) is 10.2. The highest BCUT2D eigenvalue weighted by molar-refractivity contribution is 6.05. The van der Waals surface area contributed by atoms with E-state index >= 15 is 0 Å². The summed E-state index contributed by atoms with van der Waals surface area (Å²) in [7, 11) is 0. The van der Waals surface area contributed by atoms with E-state index in [4.69, 9.17) is 11.1 Å². The molecule has 0 radical (unpaired) electrons. The van der Waals surface area contributed by atoms with Crippen LogP contribution in [0.2, 0.25) is 0 Å². The summed E-state index contributed by atoms with van der Waals surface area (Å²) in [6.45, 7) is 1.65. The molecule has 0 aliphatic heterocycles. The van der Waals surface area contributed by atoms with Crippen LogP contribution in [0.25, 0.3) is 11.3 Å². The summed E-state index contributed by atoms with van der Waals surface area (Å²) in [5.41, 5.74) is 8.64. The molecule has 0 bridgehead atoms. The van der Waals surface area contributed by atoms with Gasteiger partial charge >= 0.3 is 0 Å². The molecule has 0 spiro atoms. The van der Waals surface area contributed by atoms with Crippen LogP contribution in [0.5, 0.6) is 0 Å². The molecule has 0 aliphatic carbocycles. The smallest absolute Gasteiger partial charge is 0.123 e. The lowest BCUT2D eigenvalue weighted by atomic mass is 10.0. The van der Waals surface area contributed by atoms with Crippen LogP contribution in [-0.4, -0.2) is 10.7 Å². The Hall–Kier alpha value is -2.23. The van der Waals surface area contributed by atoms with Crippen LogP contribution in [-0.2, 0) is 0 Å². The molecule has 0 saturated carbocycles. The first kappa shape index (κ1) is 11.3. The summed E-state index contributed by atoms with van der Waals surface area (Å²) in [6, 6.07) is 7.64. The lowest BCUT2D eigenvalue weighted by Gasteiger charge is -2.10. The fourth-order valence-corrected chi connectivity index (χ4v) is 1.70. The van der Waals surface area contributed by atoms with Gasteiger partial charge in [-0.1, -0.05) is 0 Å². The first-order valence-electron chi connectivity index (χ1n) is 5.15. The molecule has 0 amide bonds. The topological polar surface area (TPSA) is 62.8 Å². The van der Waals surface area contributed by atoms with Crippen molar-refractivity contribution in [3.05, 3.63) is 47.9 Å². The van der Waals surface area contributed by atoms with E-state index in [0.29, 0.717) is 22.7 Å². The predicted molar refractivity (Wildman–Crippen MR) is 66.5 cm³/mol. The van der Waals surface area contributed by atoms with Crippen molar-refractivity contribution in [1.82, 2.24) is 4.98 Å². The van der Waals surface area contributed by atoms with E-state index in [1.165, 1.54) is 12.1 Å². The third-order valence-corrected chi connectivity index (χ3v) is 2.48. The number of hydrogen-bond donors (Lipinski definition) is 2. The number of halogens is 1. The molecule has 0 atom stereocenters. The number of rotatable bonds is 2. The van der Waals surface area contributed by atoms with E-state index in [0.717, 1.165) is 5.56 Å². The zero-order valence-electron chi connectivity index (χ0n) is 9.37. The molecule has 1 aromatic carbocycles. The van der Waals surface area contributed by atoms with Crippen molar-refractivity contribution in [2.45, 2.75) is 6.92 Å². The first-order chi connectivity index (χ1) is 8.09. The van der Waals surface area contributed by atoms with Crippen molar-refractivity contribution in [2.24, 2.45) is 0 Å². The lowest BCUT2D eigenvalue weighted by Crippen LogP contribution is -2.04. The molecule has 17 heavy (non-hydrogen) atoms. The zero-order valence-corrected chi connectivity index (χ0v) is 9.37. The Labute approximate surface area is 98.6 Å². The summed E-state index contributed by atoms with van der Waals surface area (Å²) in [5.74, 6) is -0.300. The van der Waals surface area contributed by atoms with Gasteiger partial charge in [-0.2, -0.15) is 0 Å². The number of hydrogen-bond acceptors (Lipinski definition) is 3. The Bertz CT molecular complexity index is 561. The van der Waals surface area contributed by atoms with Crippen molar-refractivity contribution >= 4 is 11.4 Å². The average Bonchev–Trinajstić information content (AvgIpc) is 2.29. The molecule has 0 saturated heterocycles. The van der Waals surface area contributed by atoms with Crippen molar-refractivity contribution in [1.29, 1.82) is 5.41 Å². The minimum atomic E-state index is -0.300. The average molecular weight is 229 g/mol. The molecular weight excluding hydrogens is 217 g/mol. The summed E-state index contributed by atoms with van der Waals surface area (Å²) in [4.78, 5) is 4.22. The Balaban J connectivity index is 2.63. The zero-order chi connectivity index (χ0) is 12.4. The van der Waals surface area contributed by atoms with Crippen molar-refractivity contribution in [2.75, 3.05) is 5.73 Å². The Morgan fingerprint density at radius 2 is 1.88 bits per heavy atom. The Morgan fingerprint density at radius 1 is 1.24 bits per heavy atom. The van der Waals surface area contributed by atoms with E-state index in [9.17, 15) is 4.39 Å². The number of nitrogens with zero attached hydrogens (tertiary/aromatic N) is 1. The van der Waals surface area contributed by atoms with Crippen LogP contribution >= 0.6 is 0 Å². The quantitative estimate of drug-likeness (QED) is 0.778. The van der Waals surface area contributed by atoms with Crippen LogP contribution in [0.15, 0.2) is 36.5 Å². The summed E-state index contributed by atoms with van der Waals surface area (Å²) < 4.78 is 12.9. The maximum absolute atomic E-state index is 12.9. The number of aromatic nitrogens is 1. The molecule has 0 fully saturated rings. The monoisotopic (exact) mass is 229 g/mol. The van der Waals surface area contributed by atoms with Gasteiger partial charge in [-0.05, 0) is 37.3 Å². The second-order valence-corrected chi connectivity index (χ2v) is 3.76. The highest BCUT2D eigenvalue weighted by atomic mass is 19.1.